The Morgan fingerprint density at radius 2 is 2.16 bits per heavy atom. The zero-order valence-corrected chi connectivity index (χ0v) is 11.5. The van der Waals surface area contributed by atoms with Crippen molar-refractivity contribution in [1.82, 2.24) is 14.6 Å². The Labute approximate surface area is 117 Å². The maximum atomic E-state index is 5.98. The summed E-state index contributed by atoms with van der Waals surface area (Å²) in [7, 11) is 1.98. The van der Waals surface area contributed by atoms with Gasteiger partial charge in [-0.2, -0.15) is 5.06 Å². The number of aromatic nitrogens is 2. The molecule has 1 aromatic carbocycles. The molecule has 0 aliphatic carbocycles. The van der Waals surface area contributed by atoms with Crippen LogP contribution in [0.4, 0.5) is 0 Å². The van der Waals surface area contributed by atoms with Crippen molar-refractivity contribution in [2.24, 2.45) is 0 Å². The minimum absolute atomic E-state index is 0.161. The Kier molecular flexibility index (Phi) is 3.31. The van der Waals surface area contributed by atoms with Crippen molar-refractivity contribution in [3.8, 4) is 0 Å². The van der Waals surface area contributed by atoms with E-state index in [0.29, 0.717) is 0 Å². The topological polar surface area (TPSA) is 30.3 Å². The van der Waals surface area contributed by atoms with Crippen LogP contribution in [-0.4, -0.2) is 28.3 Å². The Balaban J connectivity index is 1.99. The molecule has 2 heterocycles. The first-order valence-corrected chi connectivity index (χ1v) is 6.67. The van der Waals surface area contributed by atoms with Crippen LogP contribution in [0.2, 0.25) is 5.02 Å². The summed E-state index contributed by atoms with van der Waals surface area (Å²) in [6.45, 7) is 1.54. The zero-order chi connectivity index (χ0) is 13.3. The summed E-state index contributed by atoms with van der Waals surface area (Å²) < 4.78 is 2.08. The fourth-order valence-corrected chi connectivity index (χ4v) is 2.80. The van der Waals surface area contributed by atoms with E-state index in [1.807, 2.05) is 36.8 Å². The number of rotatable bonds is 3. The van der Waals surface area contributed by atoms with Gasteiger partial charge in [0.1, 0.15) is 0 Å². The van der Waals surface area contributed by atoms with Crippen molar-refractivity contribution in [1.29, 1.82) is 0 Å². The number of hydrogen-bond acceptors (Lipinski definition) is 3. The molecule has 1 aromatic heterocycles. The lowest BCUT2D eigenvalue weighted by Gasteiger charge is -2.35. The third kappa shape index (κ3) is 2.27. The number of imidazole rings is 1. The van der Waals surface area contributed by atoms with Crippen LogP contribution in [0.3, 0.4) is 0 Å². The fraction of sp³-hybridized carbons (Fsp3) is 0.357. The molecule has 100 valence electrons. The van der Waals surface area contributed by atoms with Crippen LogP contribution in [0.1, 0.15) is 12.0 Å². The third-order valence-corrected chi connectivity index (χ3v) is 4.04. The van der Waals surface area contributed by atoms with Gasteiger partial charge in [-0.1, -0.05) is 23.7 Å². The molecular formula is C14H16ClN3O. The molecule has 3 rings (SSSR count). The molecule has 0 spiro atoms. The molecule has 1 saturated heterocycles. The molecule has 0 bridgehead atoms. The Hall–Kier alpha value is -1.36. The van der Waals surface area contributed by atoms with Gasteiger partial charge in [-0.3, -0.25) is 4.84 Å². The maximum absolute atomic E-state index is 5.98. The average molecular weight is 278 g/mol. The second-order valence-electron chi connectivity index (χ2n) is 4.85. The summed E-state index contributed by atoms with van der Waals surface area (Å²) in [6, 6.07) is 8.01. The first-order valence-electron chi connectivity index (χ1n) is 6.29. The predicted octanol–water partition coefficient (Wildman–Crippen LogP) is 2.70. The lowest BCUT2D eigenvalue weighted by atomic mass is 9.87. The second kappa shape index (κ2) is 4.96. The summed E-state index contributed by atoms with van der Waals surface area (Å²) in [6.07, 6.45) is 6.56. The Morgan fingerprint density at radius 3 is 2.74 bits per heavy atom. The molecule has 19 heavy (non-hydrogen) atoms. The number of halogens is 1. The van der Waals surface area contributed by atoms with E-state index in [-0.39, 0.29) is 5.54 Å². The standard InChI is InChI=1S/C14H16ClN3O/c1-17-14(6-9-19-17,10-18-8-7-16-11-18)12-2-4-13(15)5-3-12/h2-5,7-8,11H,6,9-10H2,1H3. The Morgan fingerprint density at radius 1 is 1.37 bits per heavy atom. The van der Waals surface area contributed by atoms with Crippen LogP contribution in [-0.2, 0) is 16.9 Å². The molecule has 1 aliphatic heterocycles. The number of benzene rings is 1. The van der Waals surface area contributed by atoms with Gasteiger partial charge in [0.05, 0.1) is 18.5 Å². The highest BCUT2D eigenvalue weighted by Crippen LogP contribution is 2.38. The highest BCUT2D eigenvalue weighted by Gasteiger charge is 2.42. The van der Waals surface area contributed by atoms with E-state index in [2.05, 4.69) is 21.7 Å². The smallest absolute Gasteiger partial charge is 0.0946 e. The maximum Gasteiger partial charge on any atom is 0.0946 e. The molecule has 1 aliphatic rings. The van der Waals surface area contributed by atoms with Crippen molar-refractivity contribution in [3.05, 3.63) is 53.6 Å². The van der Waals surface area contributed by atoms with Crippen molar-refractivity contribution < 1.29 is 4.84 Å². The van der Waals surface area contributed by atoms with Crippen LogP contribution >= 0.6 is 11.6 Å². The van der Waals surface area contributed by atoms with Gasteiger partial charge < -0.3 is 4.57 Å². The van der Waals surface area contributed by atoms with Gasteiger partial charge in [-0.25, -0.2) is 4.98 Å². The van der Waals surface area contributed by atoms with Crippen molar-refractivity contribution in [2.75, 3.05) is 13.7 Å². The highest BCUT2D eigenvalue weighted by molar-refractivity contribution is 6.30. The summed E-state index contributed by atoms with van der Waals surface area (Å²) in [5.41, 5.74) is 1.05. The first kappa shape index (κ1) is 12.7. The van der Waals surface area contributed by atoms with E-state index in [4.69, 9.17) is 16.4 Å². The van der Waals surface area contributed by atoms with Crippen LogP contribution in [0, 0.1) is 0 Å². The van der Waals surface area contributed by atoms with E-state index in [1.165, 1.54) is 5.56 Å². The average Bonchev–Trinajstić information content (AvgIpc) is 3.02. The SMILES string of the molecule is CN1OCCC1(Cn1ccnc1)c1ccc(Cl)cc1. The summed E-state index contributed by atoms with van der Waals surface area (Å²) >= 11 is 5.98. The molecule has 1 atom stereocenters. The van der Waals surface area contributed by atoms with Gasteiger partial charge in [0.25, 0.3) is 0 Å². The minimum atomic E-state index is -0.161. The molecular weight excluding hydrogens is 262 g/mol. The molecule has 4 nitrogen and oxygen atoms in total. The summed E-state index contributed by atoms with van der Waals surface area (Å²) in [5, 5.41) is 2.71. The van der Waals surface area contributed by atoms with E-state index < -0.39 is 0 Å². The van der Waals surface area contributed by atoms with Gasteiger partial charge in [-0.05, 0) is 24.1 Å². The van der Waals surface area contributed by atoms with Gasteiger partial charge in [-0.15, -0.1) is 0 Å². The fourth-order valence-electron chi connectivity index (χ4n) is 2.67. The van der Waals surface area contributed by atoms with Gasteiger partial charge in [0.2, 0.25) is 0 Å². The van der Waals surface area contributed by atoms with Gasteiger partial charge >= 0.3 is 0 Å². The van der Waals surface area contributed by atoms with Crippen LogP contribution < -0.4 is 0 Å². The zero-order valence-electron chi connectivity index (χ0n) is 10.8. The summed E-state index contributed by atoms with van der Waals surface area (Å²) in [5.74, 6) is 0. The lowest BCUT2D eigenvalue weighted by molar-refractivity contribution is -0.150. The molecule has 1 unspecified atom stereocenters. The first-order chi connectivity index (χ1) is 9.21. The summed E-state index contributed by atoms with van der Waals surface area (Å²) in [4.78, 5) is 9.78. The van der Waals surface area contributed by atoms with Crippen LogP contribution in [0.5, 0.6) is 0 Å². The van der Waals surface area contributed by atoms with E-state index in [0.717, 1.165) is 24.6 Å². The predicted molar refractivity (Wildman–Crippen MR) is 73.7 cm³/mol. The molecule has 0 N–H and O–H groups in total. The molecule has 0 amide bonds. The van der Waals surface area contributed by atoms with Crippen molar-refractivity contribution in [2.45, 2.75) is 18.5 Å². The van der Waals surface area contributed by atoms with Gasteiger partial charge in [0, 0.05) is 31.0 Å². The second-order valence-corrected chi connectivity index (χ2v) is 5.29. The van der Waals surface area contributed by atoms with E-state index in [9.17, 15) is 0 Å². The van der Waals surface area contributed by atoms with Crippen LogP contribution in [0.25, 0.3) is 0 Å². The Bertz CT molecular complexity index is 540. The lowest BCUT2D eigenvalue weighted by Crippen LogP contribution is -2.41. The molecule has 2 aromatic rings. The number of hydroxylamine groups is 2. The minimum Gasteiger partial charge on any atom is -0.335 e. The number of nitrogens with zero attached hydrogens (tertiary/aromatic N) is 3. The van der Waals surface area contributed by atoms with Crippen molar-refractivity contribution in [3.63, 3.8) is 0 Å². The monoisotopic (exact) mass is 277 g/mol. The quantitative estimate of drug-likeness (QED) is 0.864. The van der Waals surface area contributed by atoms with Crippen molar-refractivity contribution >= 4 is 11.6 Å². The number of hydrogen-bond donors (Lipinski definition) is 0. The van der Waals surface area contributed by atoms with E-state index in [1.54, 1.807) is 6.20 Å². The highest BCUT2D eigenvalue weighted by atomic mass is 35.5. The molecule has 1 fully saturated rings. The number of likely N-dealkylation sites (N-methyl/N-ethyl adjacent to an activating group) is 1. The molecule has 0 saturated carbocycles. The van der Waals surface area contributed by atoms with Gasteiger partial charge in [0.15, 0.2) is 0 Å². The van der Waals surface area contributed by atoms with Crippen LogP contribution in [0.15, 0.2) is 43.0 Å². The van der Waals surface area contributed by atoms with E-state index >= 15 is 0 Å². The normalized spacial score (nSPS) is 23.9. The molecule has 5 heteroatoms. The third-order valence-electron chi connectivity index (χ3n) is 3.79. The molecule has 0 radical (unpaired) electrons. The largest absolute Gasteiger partial charge is 0.335 e.